The number of hydrogen-bond acceptors (Lipinski definition) is 6. The van der Waals surface area contributed by atoms with Crippen molar-refractivity contribution in [3.63, 3.8) is 0 Å². The summed E-state index contributed by atoms with van der Waals surface area (Å²) >= 11 is 0. The standard InChI is InChI=1S/C23H19N7/c1-15(2)16-9-11-17(12-10-16)22-27-29-30(28-22)23-19-7-3-4-8-20(19)25-21(26-23)18-6-5-13-24-14-18/h3-15H,1-2H3. The van der Waals surface area contributed by atoms with Crippen molar-refractivity contribution in [2.24, 2.45) is 0 Å². The van der Waals surface area contributed by atoms with Crippen molar-refractivity contribution in [3.05, 3.63) is 78.6 Å². The Labute approximate surface area is 173 Å². The molecule has 30 heavy (non-hydrogen) atoms. The Morgan fingerprint density at radius 2 is 1.63 bits per heavy atom. The van der Waals surface area contributed by atoms with E-state index in [1.165, 1.54) is 10.4 Å². The number of aromatic nitrogens is 7. The second kappa shape index (κ2) is 7.44. The van der Waals surface area contributed by atoms with E-state index < -0.39 is 0 Å². The van der Waals surface area contributed by atoms with Crippen molar-refractivity contribution >= 4 is 10.9 Å². The van der Waals surface area contributed by atoms with Crippen LogP contribution in [-0.4, -0.2) is 35.2 Å². The number of hydrogen-bond donors (Lipinski definition) is 0. The normalized spacial score (nSPS) is 11.3. The van der Waals surface area contributed by atoms with Gasteiger partial charge in [0, 0.05) is 28.9 Å². The van der Waals surface area contributed by atoms with Gasteiger partial charge in [0.15, 0.2) is 11.6 Å². The highest BCUT2D eigenvalue weighted by Crippen LogP contribution is 2.24. The van der Waals surface area contributed by atoms with Crippen molar-refractivity contribution in [2.75, 3.05) is 0 Å². The molecule has 3 heterocycles. The van der Waals surface area contributed by atoms with Gasteiger partial charge in [-0.3, -0.25) is 4.98 Å². The minimum absolute atomic E-state index is 0.473. The lowest BCUT2D eigenvalue weighted by Crippen LogP contribution is -2.06. The molecule has 0 N–H and O–H groups in total. The lowest BCUT2D eigenvalue weighted by atomic mass is 10.0. The summed E-state index contributed by atoms with van der Waals surface area (Å²) in [5.41, 5.74) is 3.82. The van der Waals surface area contributed by atoms with E-state index in [9.17, 15) is 0 Å². The first kappa shape index (κ1) is 18.1. The van der Waals surface area contributed by atoms with Gasteiger partial charge in [-0.1, -0.05) is 50.2 Å². The Morgan fingerprint density at radius 1 is 0.800 bits per heavy atom. The number of para-hydroxylation sites is 1. The van der Waals surface area contributed by atoms with Crippen LogP contribution in [0.4, 0.5) is 0 Å². The molecule has 0 saturated heterocycles. The van der Waals surface area contributed by atoms with E-state index in [2.05, 4.69) is 51.4 Å². The fourth-order valence-electron chi connectivity index (χ4n) is 3.27. The number of tetrazole rings is 1. The fraction of sp³-hybridized carbons (Fsp3) is 0.130. The third-order valence-electron chi connectivity index (χ3n) is 4.94. The zero-order valence-electron chi connectivity index (χ0n) is 16.6. The third kappa shape index (κ3) is 3.30. The van der Waals surface area contributed by atoms with Crippen LogP contribution in [-0.2, 0) is 0 Å². The highest BCUT2D eigenvalue weighted by atomic mass is 15.6. The minimum atomic E-state index is 0.473. The summed E-state index contributed by atoms with van der Waals surface area (Å²) in [4.78, 5) is 15.1. The average Bonchev–Trinajstić information content (AvgIpc) is 3.29. The predicted molar refractivity (Wildman–Crippen MR) is 115 cm³/mol. The summed E-state index contributed by atoms with van der Waals surface area (Å²) in [5, 5.41) is 14.0. The molecule has 5 rings (SSSR count). The summed E-state index contributed by atoms with van der Waals surface area (Å²) in [7, 11) is 0. The Kier molecular flexibility index (Phi) is 4.48. The topological polar surface area (TPSA) is 82.3 Å². The maximum absolute atomic E-state index is 4.73. The van der Waals surface area contributed by atoms with Gasteiger partial charge in [0.05, 0.1) is 5.52 Å². The fourth-order valence-corrected chi connectivity index (χ4v) is 3.27. The molecule has 0 aliphatic heterocycles. The van der Waals surface area contributed by atoms with Gasteiger partial charge in [-0.15, -0.1) is 15.0 Å². The van der Waals surface area contributed by atoms with Gasteiger partial charge in [-0.2, -0.15) is 0 Å². The van der Waals surface area contributed by atoms with Crippen molar-refractivity contribution < 1.29 is 0 Å². The number of benzene rings is 2. The monoisotopic (exact) mass is 393 g/mol. The highest BCUT2D eigenvalue weighted by Gasteiger charge is 2.15. The van der Waals surface area contributed by atoms with Crippen LogP contribution in [0, 0.1) is 0 Å². The van der Waals surface area contributed by atoms with E-state index in [4.69, 9.17) is 4.98 Å². The van der Waals surface area contributed by atoms with E-state index >= 15 is 0 Å². The molecule has 0 saturated carbocycles. The van der Waals surface area contributed by atoms with Crippen molar-refractivity contribution in [1.82, 2.24) is 35.2 Å². The highest BCUT2D eigenvalue weighted by molar-refractivity contribution is 5.86. The Bertz CT molecular complexity index is 1310. The van der Waals surface area contributed by atoms with Gasteiger partial charge in [-0.25, -0.2) is 9.97 Å². The number of fused-ring (bicyclic) bond motifs is 1. The maximum atomic E-state index is 4.73. The molecule has 5 aromatic rings. The summed E-state index contributed by atoms with van der Waals surface area (Å²) in [6.07, 6.45) is 3.46. The molecule has 7 nitrogen and oxygen atoms in total. The van der Waals surface area contributed by atoms with E-state index in [0.717, 1.165) is 22.0 Å². The van der Waals surface area contributed by atoms with Gasteiger partial charge >= 0.3 is 0 Å². The Balaban J connectivity index is 1.61. The molecular weight excluding hydrogens is 374 g/mol. The quantitative estimate of drug-likeness (QED) is 0.448. The van der Waals surface area contributed by atoms with Crippen LogP contribution < -0.4 is 0 Å². The molecule has 146 valence electrons. The summed E-state index contributed by atoms with van der Waals surface area (Å²) in [6.45, 7) is 4.34. The van der Waals surface area contributed by atoms with Crippen molar-refractivity contribution in [2.45, 2.75) is 19.8 Å². The molecular formula is C23H19N7. The second-order valence-corrected chi connectivity index (χ2v) is 7.31. The molecule has 0 aliphatic carbocycles. The molecule has 0 radical (unpaired) electrons. The van der Waals surface area contributed by atoms with E-state index in [1.807, 2.05) is 48.5 Å². The zero-order valence-corrected chi connectivity index (χ0v) is 16.6. The average molecular weight is 393 g/mol. The van der Waals surface area contributed by atoms with Crippen molar-refractivity contribution in [3.8, 4) is 28.6 Å². The largest absolute Gasteiger partial charge is 0.264 e. The molecule has 7 heteroatoms. The first-order valence-electron chi connectivity index (χ1n) is 9.77. The van der Waals surface area contributed by atoms with Crippen LogP contribution in [0.15, 0.2) is 73.1 Å². The summed E-state index contributed by atoms with van der Waals surface area (Å²) in [5.74, 6) is 2.17. The second-order valence-electron chi connectivity index (χ2n) is 7.31. The molecule has 0 aliphatic rings. The molecule has 3 aromatic heterocycles. The molecule has 0 fully saturated rings. The van der Waals surface area contributed by atoms with Gasteiger partial charge < -0.3 is 0 Å². The van der Waals surface area contributed by atoms with E-state index in [-0.39, 0.29) is 0 Å². The van der Waals surface area contributed by atoms with E-state index in [0.29, 0.717) is 23.4 Å². The van der Waals surface area contributed by atoms with Crippen LogP contribution in [0.25, 0.3) is 39.5 Å². The minimum Gasteiger partial charge on any atom is -0.264 e. The van der Waals surface area contributed by atoms with Crippen LogP contribution in [0.1, 0.15) is 25.3 Å². The first-order chi connectivity index (χ1) is 14.7. The lowest BCUT2D eigenvalue weighted by Gasteiger charge is -2.07. The first-order valence-corrected chi connectivity index (χ1v) is 9.77. The molecule has 0 atom stereocenters. The van der Waals surface area contributed by atoms with Crippen LogP contribution in [0.5, 0.6) is 0 Å². The van der Waals surface area contributed by atoms with Gasteiger partial charge in [-0.05, 0) is 41.0 Å². The molecule has 0 unspecified atom stereocenters. The maximum Gasteiger partial charge on any atom is 0.205 e. The summed E-state index contributed by atoms with van der Waals surface area (Å²) < 4.78 is 0. The number of rotatable bonds is 4. The van der Waals surface area contributed by atoms with Gasteiger partial charge in [0.25, 0.3) is 0 Å². The SMILES string of the molecule is CC(C)c1ccc(-c2nnn(-c3nc(-c4cccnc4)nc4ccccc34)n2)cc1. The zero-order chi connectivity index (χ0) is 20.5. The Hall–Kier alpha value is -4.00. The number of nitrogens with zero attached hydrogens (tertiary/aromatic N) is 7. The van der Waals surface area contributed by atoms with Crippen LogP contribution in [0.3, 0.4) is 0 Å². The number of pyridine rings is 1. The predicted octanol–water partition coefficient (Wildman–Crippen LogP) is 4.46. The lowest BCUT2D eigenvalue weighted by molar-refractivity contribution is 0.705. The molecule has 2 aromatic carbocycles. The Morgan fingerprint density at radius 3 is 2.40 bits per heavy atom. The molecule has 0 spiro atoms. The molecule has 0 bridgehead atoms. The van der Waals surface area contributed by atoms with E-state index in [1.54, 1.807) is 12.4 Å². The van der Waals surface area contributed by atoms with Gasteiger partial charge in [0.2, 0.25) is 5.82 Å². The van der Waals surface area contributed by atoms with Crippen LogP contribution in [0.2, 0.25) is 0 Å². The van der Waals surface area contributed by atoms with Crippen LogP contribution >= 0.6 is 0 Å². The van der Waals surface area contributed by atoms with Crippen molar-refractivity contribution in [1.29, 1.82) is 0 Å². The third-order valence-corrected chi connectivity index (χ3v) is 4.94. The van der Waals surface area contributed by atoms with Gasteiger partial charge in [0.1, 0.15) is 0 Å². The molecule has 0 amide bonds. The summed E-state index contributed by atoms with van der Waals surface area (Å²) in [6, 6.07) is 19.8. The smallest absolute Gasteiger partial charge is 0.205 e.